The predicted molar refractivity (Wildman–Crippen MR) is 134 cm³/mol. The van der Waals surface area contributed by atoms with Crippen molar-refractivity contribution in [3.63, 3.8) is 0 Å². The number of thioether (sulfide) groups is 1. The Bertz CT molecular complexity index is 1260. The molecule has 0 saturated carbocycles. The van der Waals surface area contributed by atoms with Gasteiger partial charge in [-0.2, -0.15) is 0 Å². The van der Waals surface area contributed by atoms with E-state index in [-0.39, 0.29) is 12.5 Å². The number of hydrogen-bond acceptors (Lipinski definition) is 4. The van der Waals surface area contributed by atoms with E-state index >= 15 is 0 Å². The monoisotopic (exact) mass is 476 g/mol. The van der Waals surface area contributed by atoms with Gasteiger partial charge in [0.25, 0.3) is 0 Å². The Morgan fingerprint density at radius 2 is 1.76 bits per heavy atom. The molecule has 0 fully saturated rings. The van der Waals surface area contributed by atoms with Crippen LogP contribution in [0.1, 0.15) is 28.1 Å². The maximum absolute atomic E-state index is 12.5. The van der Waals surface area contributed by atoms with Crippen LogP contribution in [0, 0.1) is 13.8 Å². The second-order valence-electron chi connectivity index (χ2n) is 7.88. The number of nitrogens with zero attached hydrogens (tertiary/aromatic N) is 3. The molecule has 0 aliphatic rings. The summed E-state index contributed by atoms with van der Waals surface area (Å²) < 4.78 is 1.99. The van der Waals surface area contributed by atoms with Gasteiger partial charge in [-0.1, -0.05) is 89.6 Å². The second-order valence-corrected chi connectivity index (χ2v) is 9.26. The minimum absolute atomic E-state index is 0.0625. The van der Waals surface area contributed by atoms with Crippen LogP contribution in [0.25, 0.3) is 5.69 Å². The summed E-state index contributed by atoms with van der Waals surface area (Å²) in [5.74, 6) is 1.36. The highest BCUT2D eigenvalue weighted by Crippen LogP contribution is 2.28. The summed E-state index contributed by atoms with van der Waals surface area (Å²) >= 11 is 7.93. The third kappa shape index (κ3) is 6.03. The molecule has 168 valence electrons. The van der Waals surface area contributed by atoms with Gasteiger partial charge in [0.2, 0.25) is 5.91 Å². The van der Waals surface area contributed by atoms with Crippen LogP contribution in [0.15, 0.2) is 78.0 Å². The van der Waals surface area contributed by atoms with Gasteiger partial charge in [-0.3, -0.25) is 9.36 Å². The molecule has 5 nitrogen and oxygen atoms in total. The number of carbonyl (C=O) groups excluding carboxylic acids is 1. The van der Waals surface area contributed by atoms with Crippen LogP contribution in [-0.4, -0.2) is 20.7 Å². The fraction of sp³-hybridized carbons (Fsp3) is 0.192. The molecule has 4 rings (SSSR count). The minimum Gasteiger partial charge on any atom is -0.348 e. The molecule has 7 heteroatoms. The normalized spacial score (nSPS) is 10.9. The van der Waals surface area contributed by atoms with Crippen molar-refractivity contribution < 1.29 is 4.79 Å². The van der Waals surface area contributed by atoms with Crippen LogP contribution >= 0.6 is 23.4 Å². The maximum Gasteiger partial charge on any atom is 0.224 e. The average molecular weight is 477 g/mol. The fourth-order valence-corrected chi connectivity index (χ4v) is 4.62. The largest absolute Gasteiger partial charge is 0.348 e. The van der Waals surface area contributed by atoms with Crippen LogP contribution in [0.2, 0.25) is 5.02 Å². The highest BCUT2D eigenvalue weighted by atomic mass is 35.5. The van der Waals surface area contributed by atoms with Crippen LogP contribution in [0.3, 0.4) is 0 Å². The summed E-state index contributed by atoms with van der Waals surface area (Å²) in [4.78, 5) is 12.5. The zero-order valence-electron chi connectivity index (χ0n) is 18.6. The number of nitrogens with one attached hydrogen (secondary N) is 1. The standard InChI is InChI=1S/C26H25ClN4OS/c1-18-7-6-10-21(13-18)17-33-26-30-29-24(31(26)23-15-22(27)12-11-19(23)2)16-28-25(32)14-20-8-4-3-5-9-20/h3-13,15H,14,16-17H2,1-2H3,(H,28,32). The molecule has 0 atom stereocenters. The summed E-state index contributed by atoms with van der Waals surface area (Å²) in [6.07, 6.45) is 0.320. The van der Waals surface area contributed by atoms with Gasteiger partial charge in [0.15, 0.2) is 11.0 Å². The lowest BCUT2D eigenvalue weighted by Crippen LogP contribution is -2.26. The molecule has 3 aromatic carbocycles. The number of rotatable bonds is 8. The molecule has 0 spiro atoms. The molecule has 0 bridgehead atoms. The van der Waals surface area contributed by atoms with Crippen LogP contribution in [0.5, 0.6) is 0 Å². The number of aryl methyl sites for hydroxylation is 2. The molecular weight excluding hydrogens is 452 g/mol. The summed E-state index contributed by atoms with van der Waals surface area (Å²) in [6, 6.07) is 23.9. The van der Waals surface area contributed by atoms with Crippen LogP contribution in [0.4, 0.5) is 0 Å². The molecule has 0 radical (unpaired) electrons. The first kappa shape index (κ1) is 23.1. The van der Waals surface area contributed by atoms with Gasteiger partial charge in [-0.25, -0.2) is 0 Å². The van der Waals surface area contributed by atoms with Crippen molar-refractivity contribution in [3.8, 4) is 5.69 Å². The number of halogens is 1. The SMILES string of the molecule is Cc1cccc(CSc2nnc(CNC(=O)Cc3ccccc3)n2-c2cc(Cl)ccc2C)c1. The Kier molecular flexibility index (Phi) is 7.47. The lowest BCUT2D eigenvalue weighted by Gasteiger charge is -2.14. The Morgan fingerprint density at radius 1 is 0.970 bits per heavy atom. The molecular formula is C26H25ClN4OS. The molecule has 0 saturated heterocycles. The van der Waals surface area contributed by atoms with E-state index in [0.717, 1.165) is 27.7 Å². The third-order valence-corrected chi connectivity index (χ3v) is 6.45. The van der Waals surface area contributed by atoms with E-state index in [1.54, 1.807) is 11.8 Å². The minimum atomic E-state index is -0.0625. The van der Waals surface area contributed by atoms with E-state index in [2.05, 4.69) is 46.7 Å². The lowest BCUT2D eigenvalue weighted by atomic mass is 10.1. The van der Waals surface area contributed by atoms with Gasteiger partial charge in [0, 0.05) is 10.8 Å². The van der Waals surface area contributed by atoms with Gasteiger partial charge < -0.3 is 5.32 Å². The molecule has 0 aliphatic carbocycles. The quantitative estimate of drug-likeness (QED) is 0.332. The molecule has 1 amide bonds. The summed E-state index contributed by atoms with van der Waals surface area (Å²) in [5.41, 5.74) is 5.37. The first-order valence-electron chi connectivity index (χ1n) is 10.7. The fourth-order valence-electron chi connectivity index (χ4n) is 3.54. The van der Waals surface area contributed by atoms with Crippen molar-refractivity contribution in [2.24, 2.45) is 0 Å². The Hall–Kier alpha value is -3.09. The lowest BCUT2D eigenvalue weighted by molar-refractivity contribution is -0.120. The van der Waals surface area contributed by atoms with E-state index in [0.29, 0.717) is 17.3 Å². The van der Waals surface area contributed by atoms with E-state index in [1.807, 2.05) is 60.0 Å². The van der Waals surface area contributed by atoms with E-state index in [1.165, 1.54) is 11.1 Å². The zero-order chi connectivity index (χ0) is 23.2. The van der Waals surface area contributed by atoms with E-state index in [4.69, 9.17) is 11.6 Å². The topological polar surface area (TPSA) is 59.8 Å². The number of benzene rings is 3. The van der Waals surface area contributed by atoms with Crippen molar-refractivity contribution in [1.82, 2.24) is 20.1 Å². The van der Waals surface area contributed by atoms with Gasteiger partial charge >= 0.3 is 0 Å². The van der Waals surface area contributed by atoms with Gasteiger partial charge in [-0.05, 0) is 42.7 Å². The van der Waals surface area contributed by atoms with Gasteiger partial charge in [0.05, 0.1) is 18.7 Å². The summed E-state index contributed by atoms with van der Waals surface area (Å²) in [5, 5.41) is 13.2. The van der Waals surface area contributed by atoms with Gasteiger partial charge in [-0.15, -0.1) is 10.2 Å². The van der Waals surface area contributed by atoms with E-state index in [9.17, 15) is 4.79 Å². The van der Waals surface area contributed by atoms with Gasteiger partial charge in [0.1, 0.15) is 0 Å². The first-order chi connectivity index (χ1) is 16.0. The molecule has 0 unspecified atom stereocenters. The zero-order valence-corrected chi connectivity index (χ0v) is 20.2. The summed E-state index contributed by atoms with van der Waals surface area (Å²) in [7, 11) is 0. The Morgan fingerprint density at radius 3 is 2.55 bits per heavy atom. The predicted octanol–water partition coefficient (Wildman–Crippen LogP) is 5.69. The number of amides is 1. The van der Waals surface area contributed by atoms with Crippen molar-refractivity contribution >= 4 is 29.3 Å². The summed E-state index contributed by atoms with van der Waals surface area (Å²) in [6.45, 7) is 4.39. The third-order valence-electron chi connectivity index (χ3n) is 5.21. The average Bonchev–Trinajstić information content (AvgIpc) is 3.21. The van der Waals surface area contributed by atoms with Crippen LogP contribution < -0.4 is 5.32 Å². The van der Waals surface area contributed by atoms with Crippen LogP contribution in [-0.2, 0) is 23.5 Å². The van der Waals surface area contributed by atoms with Crippen molar-refractivity contribution in [3.05, 3.63) is 106 Å². The Balaban J connectivity index is 1.57. The first-order valence-corrected chi connectivity index (χ1v) is 12.1. The van der Waals surface area contributed by atoms with Crippen molar-refractivity contribution in [2.45, 2.75) is 37.7 Å². The highest BCUT2D eigenvalue weighted by molar-refractivity contribution is 7.98. The molecule has 1 heterocycles. The Labute approximate surface area is 203 Å². The van der Waals surface area contributed by atoms with E-state index < -0.39 is 0 Å². The number of carbonyl (C=O) groups is 1. The molecule has 0 aliphatic heterocycles. The molecule has 1 aromatic heterocycles. The second kappa shape index (κ2) is 10.7. The van der Waals surface area contributed by atoms with Crippen molar-refractivity contribution in [1.29, 1.82) is 0 Å². The molecule has 4 aromatic rings. The smallest absolute Gasteiger partial charge is 0.224 e. The molecule has 33 heavy (non-hydrogen) atoms. The van der Waals surface area contributed by atoms with Crippen molar-refractivity contribution in [2.75, 3.05) is 0 Å². The molecule has 1 N–H and O–H groups in total. The number of aromatic nitrogens is 3. The number of hydrogen-bond donors (Lipinski definition) is 1. The highest BCUT2D eigenvalue weighted by Gasteiger charge is 2.17. The maximum atomic E-state index is 12.5.